The quantitative estimate of drug-likeness (QED) is 0.737. The van der Waals surface area contributed by atoms with Gasteiger partial charge in [-0.05, 0) is 51.4 Å². The summed E-state index contributed by atoms with van der Waals surface area (Å²) in [6.45, 7) is 5.27. The van der Waals surface area contributed by atoms with Crippen LogP contribution in [0.2, 0.25) is 0 Å². The molecule has 4 unspecified atom stereocenters. The molecule has 0 bridgehead atoms. The lowest BCUT2D eigenvalue weighted by Crippen LogP contribution is -2.36. The first kappa shape index (κ1) is 14.8. The van der Waals surface area contributed by atoms with E-state index < -0.39 is 0 Å². The lowest BCUT2D eigenvalue weighted by atomic mass is 9.79. The molecule has 2 fully saturated rings. The van der Waals surface area contributed by atoms with Crippen LogP contribution < -0.4 is 0 Å². The Bertz CT molecular complexity index is 286. The Morgan fingerprint density at radius 3 is 2.74 bits per heavy atom. The summed E-state index contributed by atoms with van der Waals surface area (Å²) in [7, 11) is 0. The highest BCUT2D eigenvalue weighted by Crippen LogP contribution is 2.33. The van der Waals surface area contributed by atoms with Crippen LogP contribution in [-0.4, -0.2) is 31.6 Å². The van der Waals surface area contributed by atoms with Gasteiger partial charge in [0.2, 0.25) is 0 Å². The van der Waals surface area contributed by atoms with Crippen LogP contribution >= 0.6 is 0 Å². The minimum absolute atomic E-state index is 0.0231. The second-order valence-electron chi connectivity index (χ2n) is 5.70. The third-order valence-corrected chi connectivity index (χ3v) is 4.19. The van der Waals surface area contributed by atoms with Crippen molar-refractivity contribution >= 4 is 5.97 Å². The predicted octanol–water partition coefficient (Wildman–Crippen LogP) is 2.90. The molecule has 4 heteroatoms. The van der Waals surface area contributed by atoms with Crippen molar-refractivity contribution in [3.05, 3.63) is 0 Å². The highest BCUT2D eigenvalue weighted by atomic mass is 16.7. The monoisotopic (exact) mass is 270 g/mol. The third-order valence-electron chi connectivity index (χ3n) is 4.19. The molecule has 0 radical (unpaired) electrons. The second-order valence-corrected chi connectivity index (χ2v) is 5.70. The summed E-state index contributed by atoms with van der Waals surface area (Å²) in [5.41, 5.74) is 0. The zero-order valence-corrected chi connectivity index (χ0v) is 12.1. The maximum absolute atomic E-state index is 11.8. The minimum atomic E-state index is -0.0395. The van der Waals surface area contributed by atoms with Gasteiger partial charge in [-0.2, -0.15) is 0 Å². The van der Waals surface area contributed by atoms with Crippen molar-refractivity contribution in [1.82, 2.24) is 0 Å². The highest BCUT2D eigenvalue weighted by molar-refractivity contribution is 5.72. The van der Waals surface area contributed by atoms with Gasteiger partial charge in [0.15, 0.2) is 6.29 Å². The molecule has 1 saturated carbocycles. The molecule has 19 heavy (non-hydrogen) atoms. The Balaban J connectivity index is 1.77. The van der Waals surface area contributed by atoms with E-state index in [4.69, 9.17) is 14.2 Å². The molecule has 1 heterocycles. The first-order valence-corrected chi connectivity index (χ1v) is 7.64. The van der Waals surface area contributed by atoms with E-state index in [1.54, 1.807) is 0 Å². The Kier molecular flexibility index (Phi) is 5.64. The van der Waals surface area contributed by atoms with Crippen molar-refractivity contribution in [3.63, 3.8) is 0 Å². The molecule has 2 rings (SSSR count). The molecule has 110 valence electrons. The lowest BCUT2D eigenvalue weighted by Gasteiger charge is -2.35. The number of ether oxygens (including phenoxy) is 3. The van der Waals surface area contributed by atoms with Crippen LogP contribution in [0.3, 0.4) is 0 Å². The van der Waals surface area contributed by atoms with Gasteiger partial charge in [-0.1, -0.05) is 6.92 Å². The van der Waals surface area contributed by atoms with Gasteiger partial charge in [-0.15, -0.1) is 0 Å². The van der Waals surface area contributed by atoms with Crippen LogP contribution in [0.1, 0.15) is 52.4 Å². The Morgan fingerprint density at radius 1 is 1.26 bits per heavy atom. The molecule has 0 amide bonds. The first-order chi connectivity index (χ1) is 9.20. The first-order valence-electron chi connectivity index (χ1n) is 7.64. The van der Waals surface area contributed by atoms with Crippen LogP contribution in [0, 0.1) is 11.8 Å². The molecule has 1 aliphatic carbocycles. The number of carbonyl (C=O) groups excluding carboxylic acids is 1. The van der Waals surface area contributed by atoms with Crippen molar-refractivity contribution in [1.29, 1.82) is 0 Å². The van der Waals surface area contributed by atoms with Crippen LogP contribution in [-0.2, 0) is 19.0 Å². The molecule has 4 atom stereocenters. The minimum Gasteiger partial charge on any atom is -0.466 e. The van der Waals surface area contributed by atoms with Gasteiger partial charge < -0.3 is 14.2 Å². The second kappa shape index (κ2) is 7.25. The zero-order chi connectivity index (χ0) is 13.7. The molecular weight excluding hydrogens is 244 g/mol. The summed E-state index contributed by atoms with van der Waals surface area (Å²) < 4.78 is 16.8. The fraction of sp³-hybridized carbons (Fsp3) is 0.933. The summed E-state index contributed by atoms with van der Waals surface area (Å²) in [6, 6.07) is 0. The van der Waals surface area contributed by atoms with Gasteiger partial charge >= 0.3 is 5.97 Å². The number of carbonyl (C=O) groups is 1. The van der Waals surface area contributed by atoms with Gasteiger partial charge in [-0.3, -0.25) is 4.79 Å². The smallest absolute Gasteiger partial charge is 0.309 e. The fourth-order valence-corrected chi connectivity index (χ4v) is 3.10. The van der Waals surface area contributed by atoms with E-state index in [0.29, 0.717) is 12.5 Å². The number of esters is 1. The highest BCUT2D eigenvalue weighted by Gasteiger charge is 2.34. The van der Waals surface area contributed by atoms with E-state index >= 15 is 0 Å². The van der Waals surface area contributed by atoms with Crippen LogP contribution in [0.4, 0.5) is 0 Å². The summed E-state index contributed by atoms with van der Waals surface area (Å²) >= 11 is 0. The van der Waals surface area contributed by atoms with E-state index in [1.165, 1.54) is 6.42 Å². The van der Waals surface area contributed by atoms with Gasteiger partial charge in [0.1, 0.15) is 0 Å². The molecule has 0 spiro atoms. The largest absolute Gasteiger partial charge is 0.466 e. The van der Waals surface area contributed by atoms with Crippen molar-refractivity contribution in [2.75, 3.05) is 13.2 Å². The van der Waals surface area contributed by atoms with Crippen molar-refractivity contribution in [2.45, 2.75) is 64.8 Å². The van der Waals surface area contributed by atoms with Gasteiger partial charge in [0, 0.05) is 6.61 Å². The topological polar surface area (TPSA) is 44.8 Å². The summed E-state index contributed by atoms with van der Waals surface area (Å²) in [5, 5.41) is 0. The van der Waals surface area contributed by atoms with Crippen LogP contribution in [0.15, 0.2) is 0 Å². The van der Waals surface area contributed by atoms with Crippen molar-refractivity contribution < 1.29 is 19.0 Å². The van der Waals surface area contributed by atoms with E-state index in [1.807, 2.05) is 6.92 Å². The normalized spacial score (nSPS) is 35.9. The van der Waals surface area contributed by atoms with Crippen molar-refractivity contribution in [3.8, 4) is 0 Å². The summed E-state index contributed by atoms with van der Waals surface area (Å²) in [4.78, 5) is 11.8. The summed E-state index contributed by atoms with van der Waals surface area (Å²) in [6.07, 6.45) is 6.30. The molecule has 4 nitrogen and oxygen atoms in total. The van der Waals surface area contributed by atoms with Crippen LogP contribution in [0.5, 0.6) is 0 Å². The average Bonchev–Trinajstić information content (AvgIpc) is 2.40. The molecule has 0 aromatic rings. The summed E-state index contributed by atoms with van der Waals surface area (Å²) in [5.74, 6) is 0.343. The Labute approximate surface area is 115 Å². The zero-order valence-electron chi connectivity index (χ0n) is 12.1. The molecular formula is C15H26O4. The predicted molar refractivity (Wildman–Crippen MR) is 71.6 cm³/mol. The van der Waals surface area contributed by atoms with E-state index in [9.17, 15) is 4.79 Å². The van der Waals surface area contributed by atoms with E-state index in [0.717, 1.165) is 38.7 Å². The van der Waals surface area contributed by atoms with Crippen LogP contribution in [0.25, 0.3) is 0 Å². The molecule has 1 aliphatic heterocycles. The molecule has 0 aromatic carbocycles. The fourth-order valence-electron chi connectivity index (χ4n) is 3.10. The lowest BCUT2D eigenvalue weighted by molar-refractivity contribution is -0.199. The average molecular weight is 270 g/mol. The standard InChI is InChI=1S/C15H26O4/c1-3-17-15(16)13-8-7-12(10-11(13)2)19-14-6-4-5-9-18-14/h11-14H,3-10H2,1-2H3. The number of hydrogen-bond donors (Lipinski definition) is 0. The Hall–Kier alpha value is -0.610. The van der Waals surface area contributed by atoms with Crippen molar-refractivity contribution in [2.24, 2.45) is 11.8 Å². The third kappa shape index (κ3) is 4.18. The number of rotatable bonds is 4. The van der Waals surface area contributed by atoms with Gasteiger partial charge in [0.05, 0.1) is 18.6 Å². The molecule has 1 saturated heterocycles. The van der Waals surface area contributed by atoms with Gasteiger partial charge in [-0.25, -0.2) is 0 Å². The van der Waals surface area contributed by atoms with Gasteiger partial charge in [0.25, 0.3) is 0 Å². The molecule has 2 aliphatic rings. The molecule has 0 aromatic heterocycles. The van der Waals surface area contributed by atoms with E-state index in [2.05, 4.69) is 6.92 Å². The van der Waals surface area contributed by atoms with E-state index in [-0.39, 0.29) is 24.3 Å². The molecule has 0 N–H and O–H groups in total. The Morgan fingerprint density at radius 2 is 2.11 bits per heavy atom. The SMILES string of the molecule is CCOC(=O)C1CCC(OC2CCCCO2)CC1C. The number of hydrogen-bond acceptors (Lipinski definition) is 4. The maximum Gasteiger partial charge on any atom is 0.309 e. The maximum atomic E-state index is 11.8.